The van der Waals surface area contributed by atoms with E-state index in [-0.39, 0.29) is 5.76 Å². The van der Waals surface area contributed by atoms with Crippen molar-refractivity contribution in [3.05, 3.63) is 65.4 Å². The highest BCUT2D eigenvalue weighted by molar-refractivity contribution is 6.01. The molecule has 0 N–H and O–H groups in total. The minimum absolute atomic E-state index is 0.157. The Kier molecular flexibility index (Phi) is 3.90. The molecule has 4 heteroatoms. The summed E-state index contributed by atoms with van der Waals surface area (Å²) in [6.45, 7) is 5.47. The Hall–Kier alpha value is -2.62. The Balaban J connectivity index is 1.92. The lowest BCUT2D eigenvalue weighted by molar-refractivity contribution is 0.00307. The fourth-order valence-corrected chi connectivity index (χ4v) is 2.40. The third kappa shape index (κ3) is 3.59. The van der Waals surface area contributed by atoms with Crippen molar-refractivity contribution in [1.29, 1.82) is 0 Å². The topological polar surface area (TPSA) is 52.3 Å². The first-order valence-corrected chi connectivity index (χ1v) is 7.58. The van der Waals surface area contributed by atoms with Crippen molar-refractivity contribution in [1.82, 2.24) is 5.16 Å². The average Bonchev–Trinajstić information content (AvgIpc) is 2.90. The first-order chi connectivity index (χ1) is 10.9. The molecule has 0 aliphatic heterocycles. The molecule has 0 saturated carbocycles. The summed E-state index contributed by atoms with van der Waals surface area (Å²) in [4.78, 5) is 12.2. The van der Waals surface area contributed by atoms with Gasteiger partial charge in [0.15, 0.2) is 0 Å². The van der Waals surface area contributed by atoms with Crippen molar-refractivity contribution in [2.24, 2.45) is 0 Å². The summed E-state index contributed by atoms with van der Waals surface area (Å²) in [6, 6.07) is 16.0. The lowest BCUT2D eigenvalue weighted by Gasteiger charge is -2.18. The van der Waals surface area contributed by atoms with Crippen LogP contribution in [0.15, 0.2) is 53.1 Å². The van der Waals surface area contributed by atoms with Gasteiger partial charge in [0, 0.05) is 0 Å². The fourth-order valence-electron chi connectivity index (χ4n) is 2.40. The minimum Gasteiger partial charge on any atom is -0.454 e. The number of hydrogen-bond donors (Lipinski definition) is 0. The van der Waals surface area contributed by atoms with Crippen LogP contribution in [0.4, 0.5) is 0 Å². The Morgan fingerprint density at radius 1 is 1.09 bits per heavy atom. The third-order valence-electron chi connectivity index (χ3n) is 3.38. The Morgan fingerprint density at radius 2 is 1.83 bits per heavy atom. The van der Waals surface area contributed by atoms with Crippen molar-refractivity contribution in [3.8, 4) is 0 Å². The van der Waals surface area contributed by atoms with Crippen LogP contribution in [-0.4, -0.2) is 16.7 Å². The van der Waals surface area contributed by atoms with Gasteiger partial charge >= 0.3 is 5.97 Å². The molecule has 0 spiro atoms. The molecule has 3 rings (SSSR count). The first-order valence-electron chi connectivity index (χ1n) is 7.58. The molecular weight excluding hydrogens is 290 g/mol. The Bertz CT molecular complexity index is 829. The summed E-state index contributed by atoms with van der Waals surface area (Å²) in [6.07, 6.45) is 0.787. The molecule has 0 unspecified atom stereocenters. The standard InChI is InChI=1S/C19H19NO3/c1-19(2,3)22-18(21)17-15-12-14(9-10-16(15)20-23-17)11-13-7-5-4-6-8-13/h4-10,12H,11H2,1-3H3. The fraction of sp³-hybridized carbons (Fsp3) is 0.263. The van der Waals surface area contributed by atoms with Crippen LogP contribution >= 0.6 is 0 Å². The van der Waals surface area contributed by atoms with Gasteiger partial charge in [-0.3, -0.25) is 0 Å². The van der Waals surface area contributed by atoms with E-state index in [0.29, 0.717) is 10.9 Å². The normalized spacial score (nSPS) is 11.6. The number of fused-ring (bicyclic) bond motifs is 1. The van der Waals surface area contributed by atoms with E-state index >= 15 is 0 Å². The molecule has 118 valence electrons. The van der Waals surface area contributed by atoms with Crippen molar-refractivity contribution < 1.29 is 14.1 Å². The molecule has 0 fully saturated rings. The van der Waals surface area contributed by atoms with Gasteiger partial charge < -0.3 is 9.26 Å². The number of carbonyl (C=O) groups excluding carboxylic acids is 1. The first kappa shape index (κ1) is 15.3. The molecule has 0 aliphatic rings. The molecule has 0 radical (unpaired) electrons. The molecule has 4 nitrogen and oxygen atoms in total. The highest BCUT2D eigenvalue weighted by Crippen LogP contribution is 2.23. The van der Waals surface area contributed by atoms with E-state index in [9.17, 15) is 4.79 Å². The predicted octanol–water partition coefficient (Wildman–Crippen LogP) is 4.37. The van der Waals surface area contributed by atoms with E-state index in [1.54, 1.807) is 0 Å². The van der Waals surface area contributed by atoms with Gasteiger partial charge in [-0.1, -0.05) is 41.6 Å². The molecule has 0 bridgehead atoms. The van der Waals surface area contributed by atoms with Gasteiger partial charge in [0.1, 0.15) is 11.1 Å². The van der Waals surface area contributed by atoms with E-state index in [1.807, 2.05) is 57.2 Å². The number of hydrogen-bond acceptors (Lipinski definition) is 4. The molecule has 0 aliphatic carbocycles. The van der Waals surface area contributed by atoms with Crippen LogP contribution in [0.5, 0.6) is 0 Å². The van der Waals surface area contributed by atoms with Crippen LogP contribution in [0.2, 0.25) is 0 Å². The average molecular weight is 309 g/mol. The summed E-state index contributed by atoms with van der Waals surface area (Å²) in [5, 5.41) is 4.63. The van der Waals surface area contributed by atoms with Gasteiger partial charge in [0.2, 0.25) is 0 Å². The summed E-state index contributed by atoms with van der Waals surface area (Å²) in [7, 11) is 0. The second-order valence-corrected chi connectivity index (χ2v) is 6.53. The predicted molar refractivity (Wildman–Crippen MR) is 88.4 cm³/mol. The summed E-state index contributed by atoms with van der Waals surface area (Å²) in [5.41, 5.74) is 2.39. The maximum atomic E-state index is 12.2. The lowest BCUT2D eigenvalue weighted by Crippen LogP contribution is -2.23. The maximum Gasteiger partial charge on any atom is 0.378 e. The van der Waals surface area contributed by atoms with Gasteiger partial charge in [0.25, 0.3) is 5.76 Å². The molecule has 0 atom stereocenters. The van der Waals surface area contributed by atoms with Gasteiger partial charge in [-0.25, -0.2) is 4.79 Å². The molecule has 0 amide bonds. The number of nitrogens with zero attached hydrogens (tertiary/aromatic N) is 1. The number of aromatic nitrogens is 1. The second kappa shape index (κ2) is 5.88. The third-order valence-corrected chi connectivity index (χ3v) is 3.38. The maximum absolute atomic E-state index is 12.2. The van der Waals surface area contributed by atoms with E-state index in [2.05, 4.69) is 17.3 Å². The monoisotopic (exact) mass is 309 g/mol. The molecule has 3 aromatic rings. The zero-order valence-corrected chi connectivity index (χ0v) is 13.5. The zero-order chi connectivity index (χ0) is 16.4. The molecule has 0 saturated heterocycles. The van der Waals surface area contributed by atoms with Gasteiger partial charge in [-0.15, -0.1) is 0 Å². The van der Waals surface area contributed by atoms with Crippen molar-refractivity contribution in [2.45, 2.75) is 32.8 Å². The number of esters is 1. The quantitative estimate of drug-likeness (QED) is 0.674. The highest BCUT2D eigenvalue weighted by atomic mass is 16.6. The van der Waals surface area contributed by atoms with Gasteiger partial charge in [-0.2, -0.15) is 0 Å². The van der Waals surface area contributed by atoms with Crippen molar-refractivity contribution in [2.75, 3.05) is 0 Å². The summed E-state index contributed by atoms with van der Waals surface area (Å²) >= 11 is 0. The van der Waals surface area contributed by atoms with Crippen LogP contribution in [0, 0.1) is 0 Å². The Labute approximate surface area is 135 Å². The zero-order valence-electron chi connectivity index (χ0n) is 13.5. The van der Waals surface area contributed by atoms with E-state index in [0.717, 1.165) is 12.0 Å². The number of benzene rings is 2. The molecular formula is C19H19NO3. The largest absolute Gasteiger partial charge is 0.454 e. The van der Waals surface area contributed by atoms with Crippen molar-refractivity contribution in [3.63, 3.8) is 0 Å². The van der Waals surface area contributed by atoms with Crippen LogP contribution in [0.25, 0.3) is 10.9 Å². The molecule has 1 aromatic heterocycles. The van der Waals surface area contributed by atoms with Gasteiger partial charge in [-0.05, 0) is 50.5 Å². The highest BCUT2D eigenvalue weighted by Gasteiger charge is 2.24. The molecule has 1 heterocycles. The van der Waals surface area contributed by atoms with E-state index in [4.69, 9.17) is 9.26 Å². The summed E-state index contributed by atoms with van der Waals surface area (Å²) in [5.74, 6) is -0.332. The minimum atomic E-state index is -0.572. The second-order valence-electron chi connectivity index (χ2n) is 6.53. The Morgan fingerprint density at radius 3 is 2.52 bits per heavy atom. The number of carbonyl (C=O) groups is 1. The lowest BCUT2D eigenvalue weighted by atomic mass is 10.0. The molecule has 2 aromatic carbocycles. The summed E-state index contributed by atoms with van der Waals surface area (Å²) < 4.78 is 10.6. The van der Waals surface area contributed by atoms with E-state index < -0.39 is 11.6 Å². The SMILES string of the molecule is CC(C)(C)OC(=O)c1onc2ccc(Cc3ccccc3)cc12. The molecule has 23 heavy (non-hydrogen) atoms. The van der Waals surface area contributed by atoms with Crippen molar-refractivity contribution >= 4 is 16.9 Å². The number of ether oxygens (including phenoxy) is 1. The van der Waals surface area contributed by atoms with Crippen LogP contribution < -0.4 is 0 Å². The van der Waals surface area contributed by atoms with E-state index in [1.165, 1.54) is 5.56 Å². The smallest absolute Gasteiger partial charge is 0.378 e. The van der Waals surface area contributed by atoms with Crippen LogP contribution in [-0.2, 0) is 11.2 Å². The van der Waals surface area contributed by atoms with Crippen LogP contribution in [0.3, 0.4) is 0 Å². The van der Waals surface area contributed by atoms with Crippen LogP contribution in [0.1, 0.15) is 42.5 Å². The number of rotatable bonds is 3. The van der Waals surface area contributed by atoms with Gasteiger partial charge in [0.05, 0.1) is 5.39 Å².